The van der Waals surface area contributed by atoms with Crippen molar-refractivity contribution in [1.82, 2.24) is 5.32 Å². The number of nitrogens with one attached hydrogen (secondary N) is 1. The zero-order valence-electron chi connectivity index (χ0n) is 34.5. The number of ether oxygens (including phenoxy) is 2. The molecule has 0 aromatic rings. The van der Waals surface area contributed by atoms with Crippen molar-refractivity contribution in [3.8, 4) is 0 Å². The Labute approximate surface area is 329 Å². The Kier molecular flexibility index (Phi) is 32.4. The van der Waals surface area contributed by atoms with Crippen LogP contribution >= 0.6 is 0 Å². The topological polar surface area (TPSA) is 166 Å². The van der Waals surface area contributed by atoms with Crippen LogP contribution in [0.5, 0.6) is 0 Å². The van der Waals surface area contributed by atoms with Crippen LogP contribution in [0.3, 0.4) is 0 Å². The summed E-state index contributed by atoms with van der Waals surface area (Å²) in [6.07, 6.45) is 30.3. The van der Waals surface area contributed by atoms with Gasteiger partial charge in [-0.2, -0.15) is 0 Å². The second-order valence-corrected chi connectivity index (χ2v) is 15.9. The van der Waals surface area contributed by atoms with Gasteiger partial charge in [0.15, 0.2) is 6.29 Å². The Bertz CT molecular complexity index is 918. The summed E-state index contributed by atoms with van der Waals surface area (Å²) in [5.41, 5.74) is 0. The lowest BCUT2D eigenvalue weighted by molar-refractivity contribution is -0.292. The molecule has 1 aliphatic heterocycles. The normalized spacial score (nSPS) is 21.4. The second-order valence-electron chi connectivity index (χ2n) is 15.9. The number of carboxylic acid groups (broad SMARTS) is 1. The average molecular weight is 770 g/mol. The van der Waals surface area contributed by atoms with E-state index in [1.54, 1.807) is 6.08 Å². The molecule has 10 nitrogen and oxygen atoms in total. The fourth-order valence-electron chi connectivity index (χ4n) is 7.40. The Morgan fingerprint density at radius 3 is 1.57 bits per heavy atom. The molecular formula is C44H83NO9. The molecule has 1 heterocycles. The highest BCUT2D eigenvalue weighted by Crippen LogP contribution is 2.29. The number of hydrogen-bond acceptors (Lipinski definition) is 8. The molecule has 0 aromatic heterocycles. The molecule has 318 valence electrons. The molecule has 1 amide bonds. The Hall–Kier alpha value is -1.56. The highest BCUT2D eigenvalue weighted by Gasteiger charge is 2.46. The van der Waals surface area contributed by atoms with E-state index in [0.29, 0.717) is 6.42 Å². The van der Waals surface area contributed by atoms with Gasteiger partial charge in [-0.15, -0.1) is 0 Å². The van der Waals surface area contributed by atoms with Crippen LogP contribution < -0.4 is 5.32 Å². The molecule has 0 radical (unpaired) electrons. The number of aliphatic hydroxyl groups excluding tert-OH is 4. The van der Waals surface area contributed by atoms with Gasteiger partial charge in [-0.25, -0.2) is 0 Å². The molecule has 54 heavy (non-hydrogen) atoms. The van der Waals surface area contributed by atoms with Gasteiger partial charge in [0.25, 0.3) is 0 Å². The van der Waals surface area contributed by atoms with Gasteiger partial charge >= 0.3 is 5.97 Å². The Morgan fingerprint density at radius 1 is 0.685 bits per heavy atom. The van der Waals surface area contributed by atoms with E-state index in [1.165, 1.54) is 135 Å². The maximum Gasteiger partial charge on any atom is 0.303 e. The third kappa shape index (κ3) is 25.6. The van der Waals surface area contributed by atoms with Crippen molar-refractivity contribution in [2.45, 2.75) is 237 Å². The third-order valence-electron chi connectivity index (χ3n) is 10.9. The zero-order valence-corrected chi connectivity index (χ0v) is 34.5. The second kappa shape index (κ2) is 34.7. The molecule has 1 aliphatic rings. The summed E-state index contributed by atoms with van der Waals surface area (Å²) in [6, 6.07) is -0.837. The molecule has 6 N–H and O–H groups in total. The van der Waals surface area contributed by atoms with Crippen molar-refractivity contribution in [1.29, 1.82) is 0 Å². The number of carboxylic acids is 1. The van der Waals surface area contributed by atoms with Gasteiger partial charge < -0.3 is 40.3 Å². The van der Waals surface area contributed by atoms with Gasteiger partial charge in [0.2, 0.25) is 5.91 Å². The predicted molar refractivity (Wildman–Crippen MR) is 217 cm³/mol. The monoisotopic (exact) mass is 770 g/mol. The zero-order chi connectivity index (χ0) is 39.7. The summed E-state index contributed by atoms with van der Waals surface area (Å²) in [6.45, 7) is 3.69. The van der Waals surface area contributed by atoms with Crippen molar-refractivity contribution in [3.05, 3.63) is 12.2 Å². The van der Waals surface area contributed by atoms with Crippen molar-refractivity contribution < 1.29 is 44.6 Å². The smallest absolute Gasteiger partial charge is 0.303 e. The number of allylic oxidation sites excluding steroid dienone is 1. The number of aliphatic carboxylic acids is 1. The fourth-order valence-corrected chi connectivity index (χ4v) is 7.40. The summed E-state index contributed by atoms with van der Waals surface area (Å²) in [5.74, 6) is -2.53. The lowest BCUT2D eigenvalue weighted by Crippen LogP contribution is -2.57. The van der Waals surface area contributed by atoms with Gasteiger partial charge in [0, 0.05) is 12.3 Å². The van der Waals surface area contributed by atoms with Gasteiger partial charge in [0.1, 0.15) is 12.2 Å². The number of aliphatic hydroxyl groups is 4. The Morgan fingerprint density at radius 2 is 1.13 bits per heavy atom. The van der Waals surface area contributed by atoms with Crippen LogP contribution in [-0.2, 0) is 19.1 Å². The molecule has 0 saturated carbocycles. The first kappa shape index (κ1) is 50.5. The third-order valence-corrected chi connectivity index (χ3v) is 10.9. The first-order chi connectivity index (χ1) is 26.2. The molecule has 0 bridgehead atoms. The number of carbonyl (C=O) groups excluding carboxylic acids is 1. The van der Waals surface area contributed by atoms with Crippen molar-refractivity contribution in [2.24, 2.45) is 5.92 Å². The maximum atomic E-state index is 13.0. The van der Waals surface area contributed by atoms with Gasteiger partial charge in [-0.05, 0) is 19.3 Å². The first-order valence-electron chi connectivity index (χ1n) is 22.3. The van der Waals surface area contributed by atoms with E-state index in [4.69, 9.17) is 9.47 Å². The van der Waals surface area contributed by atoms with E-state index < -0.39 is 61.7 Å². The largest absolute Gasteiger partial charge is 0.481 e. The summed E-state index contributed by atoms with van der Waals surface area (Å²) in [7, 11) is 0. The molecule has 1 saturated heterocycles. The standard InChI is InChI=1S/C44H83NO9/c1-3-5-7-9-11-13-15-17-18-20-22-24-26-28-30-32-40(48)45-37(35-53-44-43(52)36(33-41(49)50)42(51)39(34-46)54-44)38(47)31-29-27-25-23-21-19-16-14-12-10-8-6-4-2/h29,31,36-39,42-44,46-47,51-52H,3-28,30,32-35H2,1-2H3,(H,45,48)(H,49,50)/b31-29+/t36-,37-,38+,39+,42+,43+,44+/m0/s1. The van der Waals surface area contributed by atoms with Crippen molar-refractivity contribution >= 4 is 11.9 Å². The minimum atomic E-state index is -1.48. The lowest BCUT2D eigenvalue weighted by Gasteiger charge is -2.42. The minimum absolute atomic E-state index is 0.200. The van der Waals surface area contributed by atoms with Gasteiger partial charge in [0.05, 0.1) is 37.9 Å². The van der Waals surface area contributed by atoms with Crippen LogP contribution in [0.2, 0.25) is 0 Å². The molecular weight excluding hydrogens is 686 g/mol. The number of unbranched alkanes of at least 4 members (excludes halogenated alkanes) is 25. The Balaban J connectivity index is 2.51. The SMILES string of the molecule is CCCCCCCCCCCCC/C=C/[C@@H](O)[C@H](CO[C@@H]1O[C@H](CO)[C@H](O)[C@H](CC(=O)O)[C@H]1O)NC(=O)CCCCCCCCCCCCCCCCC. The summed E-state index contributed by atoms with van der Waals surface area (Å²) in [4.78, 5) is 24.4. The van der Waals surface area contributed by atoms with Crippen LogP contribution in [0.4, 0.5) is 0 Å². The van der Waals surface area contributed by atoms with Gasteiger partial charge in [-0.1, -0.05) is 180 Å². The van der Waals surface area contributed by atoms with E-state index in [0.717, 1.165) is 38.5 Å². The van der Waals surface area contributed by atoms with Crippen LogP contribution in [0.15, 0.2) is 12.2 Å². The minimum Gasteiger partial charge on any atom is -0.481 e. The molecule has 0 unspecified atom stereocenters. The van der Waals surface area contributed by atoms with E-state index >= 15 is 0 Å². The van der Waals surface area contributed by atoms with E-state index in [-0.39, 0.29) is 12.5 Å². The molecule has 1 fully saturated rings. The summed E-state index contributed by atoms with van der Waals surface area (Å²) >= 11 is 0. The maximum absolute atomic E-state index is 13.0. The fraction of sp³-hybridized carbons (Fsp3) is 0.909. The average Bonchev–Trinajstić information content (AvgIpc) is 3.15. The van der Waals surface area contributed by atoms with Crippen LogP contribution in [-0.4, -0.2) is 87.4 Å². The van der Waals surface area contributed by atoms with Gasteiger partial charge in [-0.3, -0.25) is 9.59 Å². The molecule has 1 rings (SSSR count). The highest BCUT2D eigenvalue weighted by molar-refractivity contribution is 5.76. The summed E-state index contributed by atoms with van der Waals surface area (Å²) in [5, 5.41) is 54.3. The van der Waals surface area contributed by atoms with Crippen molar-refractivity contribution in [2.75, 3.05) is 13.2 Å². The summed E-state index contributed by atoms with van der Waals surface area (Å²) < 4.78 is 11.4. The van der Waals surface area contributed by atoms with Crippen LogP contribution in [0, 0.1) is 5.92 Å². The van der Waals surface area contributed by atoms with Crippen LogP contribution in [0.1, 0.15) is 200 Å². The molecule has 10 heteroatoms. The van der Waals surface area contributed by atoms with E-state index in [2.05, 4.69) is 19.2 Å². The highest BCUT2D eigenvalue weighted by atomic mass is 16.7. The molecule has 0 spiro atoms. The van der Waals surface area contributed by atoms with E-state index in [9.17, 15) is 35.1 Å². The lowest BCUT2D eigenvalue weighted by atomic mass is 9.86. The number of hydrogen-bond donors (Lipinski definition) is 6. The van der Waals surface area contributed by atoms with Crippen LogP contribution in [0.25, 0.3) is 0 Å². The number of rotatable bonds is 37. The predicted octanol–water partition coefficient (Wildman–Crippen LogP) is 8.90. The quantitative estimate of drug-likeness (QED) is 0.0267. The van der Waals surface area contributed by atoms with Crippen molar-refractivity contribution in [3.63, 3.8) is 0 Å². The first-order valence-corrected chi connectivity index (χ1v) is 22.3. The molecule has 7 atom stereocenters. The molecule has 0 aromatic carbocycles. The molecule has 0 aliphatic carbocycles. The number of amides is 1. The number of carbonyl (C=O) groups is 2. The van der Waals surface area contributed by atoms with E-state index in [1.807, 2.05) is 6.08 Å².